The average Bonchev–Trinajstić information content (AvgIpc) is 2.29. The van der Waals surface area contributed by atoms with Crippen molar-refractivity contribution in [2.24, 2.45) is 0 Å². The van der Waals surface area contributed by atoms with Crippen LogP contribution in [0.25, 0.3) is 0 Å². The Morgan fingerprint density at radius 3 is 2.44 bits per heavy atom. The quantitative estimate of drug-likeness (QED) is 0.832. The third-order valence-electron chi connectivity index (χ3n) is 2.34. The molecule has 18 heavy (non-hydrogen) atoms. The van der Waals surface area contributed by atoms with Gasteiger partial charge in [-0.05, 0) is 26.0 Å². The van der Waals surface area contributed by atoms with Crippen LogP contribution in [0.5, 0.6) is 11.6 Å². The number of hydrogen-bond donors (Lipinski definition) is 0. The van der Waals surface area contributed by atoms with Gasteiger partial charge >= 0.3 is 0 Å². The van der Waals surface area contributed by atoms with E-state index in [1.54, 1.807) is 13.8 Å². The molecule has 3 nitrogen and oxygen atoms in total. The van der Waals surface area contributed by atoms with E-state index in [0.717, 1.165) is 18.2 Å². The van der Waals surface area contributed by atoms with Crippen LogP contribution in [0.15, 0.2) is 18.2 Å². The Morgan fingerprint density at radius 2 is 1.78 bits per heavy atom. The molecule has 0 amide bonds. The molecule has 94 valence electrons. The van der Waals surface area contributed by atoms with Gasteiger partial charge in [0.2, 0.25) is 0 Å². The van der Waals surface area contributed by atoms with Gasteiger partial charge in [-0.15, -0.1) is 0 Å². The van der Waals surface area contributed by atoms with Gasteiger partial charge in [-0.1, -0.05) is 11.6 Å². The van der Waals surface area contributed by atoms with Gasteiger partial charge in [-0.2, -0.15) is 0 Å². The van der Waals surface area contributed by atoms with Crippen molar-refractivity contribution in [3.8, 4) is 11.6 Å². The van der Waals surface area contributed by atoms with Crippen LogP contribution < -0.4 is 4.74 Å². The number of rotatable bonds is 2. The van der Waals surface area contributed by atoms with Crippen molar-refractivity contribution >= 4 is 11.6 Å². The molecule has 2 aromatic rings. The summed E-state index contributed by atoms with van der Waals surface area (Å²) < 4.78 is 31.3. The van der Waals surface area contributed by atoms with Gasteiger partial charge in [-0.25, -0.2) is 18.7 Å². The predicted octanol–water partition coefficient (Wildman–Crippen LogP) is 3.82. The van der Waals surface area contributed by atoms with Gasteiger partial charge in [0.05, 0.1) is 11.4 Å². The lowest BCUT2D eigenvalue weighted by atomic mass is 10.3. The van der Waals surface area contributed by atoms with Crippen molar-refractivity contribution in [3.63, 3.8) is 0 Å². The molecule has 6 heteroatoms. The average molecular weight is 271 g/mol. The molecule has 0 aliphatic carbocycles. The number of benzene rings is 1. The SMILES string of the molecule is Cc1nc(Cl)c(Oc2ccc(F)cc2F)nc1C. The molecule has 0 N–H and O–H groups in total. The maximum Gasteiger partial charge on any atom is 0.258 e. The summed E-state index contributed by atoms with van der Waals surface area (Å²) in [5.74, 6) is -1.68. The fraction of sp³-hybridized carbons (Fsp3) is 0.167. The minimum absolute atomic E-state index is 0.00900. The highest BCUT2D eigenvalue weighted by Crippen LogP contribution is 2.28. The van der Waals surface area contributed by atoms with E-state index in [0.29, 0.717) is 11.4 Å². The second-order valence-corrected chi connectivity index (χ2v) is 4.03. The van der Waals surface area contributed by atoms with E-state index in [9.17, 15) is 8.78 Å². The molecule has 0 aliphatic rings. The zero-order valence-corrected chi connectivity index (χ0v) is 10.4. The third-order valence-corrected chi connectivity index (χ3v) is 2.58. The van der Waals surface area contributed by atoms with Crippen molar-refractivity contribution in [2.75, 3.05) is 0 Å². The van der Waals surface area contributed by atoms with E-state index in [1.807, 2.05) is 0 Å². The Kier molecular flexibility index (Phi) is 3.43. The smallest absolute Gasteiger partial charge is 0.258 e. The summed E-state index contributed by atoms with van der Waals surface area (Å²) >= 11 is 5.84. The van der Waals surface area contributed by atoms with Gasteiger partial charge < -0.3 is 4.74 Å². The predicted molar refractivity (Wildman–Crippen MR) is 62.9 cm³/mol. The van der Waals surface area contributed by atoms with Crippen molar-refractivity contribution in [1.82, 2.24) is 9.97 Å². The molecule has 0 spiro atoms. The molecule has 0 aliphatic heterocycles. The molecule has 0 unspecified atom stereocenters. The number of ether oxygens (including phenoxy) is 1. The Bertz CT molecular complexity index is 605. The molecule has 0 fully saturated rings. The Labute approximate surface area is 107 Å². The van der Waals surface area contributed by atoms with Crippen LogP contribution in [0, 0.1) is 25.5 Å². The molecular formula is C12H9ClF2N2O. The molecule has 0 bridgehead atoms. The number of aromatic nitrogens is 2. The zero-order valence-electron chi connectivity index (χ0n) is 9.67. The number of hydrogen-bond acceptors (Lipinski definition) is 3. The van der Waals surface area contributed by atoms with Crippen LogP contribution in [-0.2, 0) is 0 Å². The normalized spacial score (nSPS) is 10.5. The Balaban J connectivity index is 2.37. The van der Waals surface area contributed by atoms with Crippen LogP contribution in [0.1, 0.15) is 11.4 Å². The molecule has 1 aromatic carbocycles. The largest absolute Gasteiger partial charge is 0.433 e. The zero-order chi connectivity index (χ0) is 13.3. The summed E-state index contributed by atoms with van der Waals surface area (Å²) in [5, 5.41) is 0.0295. The molecule has 0 saturated carbocycles. The third kappa shape index (κ3) is 2.56. The van der Waals surface area contributed by atoms with E-state index in [1.165, 1.54) is 0 Å². The summed E-state index contributed by atoms with van der Waals surface area (Å²) in [7, 11) is 0. The summed E-state index contributed by atoms with van der Waals surface area (Å²) in [6.45, 7) is 3.48. The first kappa shape index (κ1) is 12.7. The van der Waals surface area contributed by atoms with Crippen molar-refractivity contribution in [1.29, 1.82) is 0 Å². The van der Waals surface area contributed by atoms with Crippen molar-refractivity contribution in [2.45, 2.75) is 13.8 Å². The van der Waals surface area contributed by atoms with Gasteiger partial charge in [0.1, 0.15) is 5.82 Å². The highest BCUT2D eigenvalue weighted by atomic mass is 35.5. The van der Waals surface area contributed by atoms with Gasteiger partial charge in [0.15, 0.2) is 16.7 Å². The maximum atomic E-state index is 13.4. The highest BCUT2D eigenvalue weighted by Gasteiger charge is 2.12. The Hall–Kier alpha value is -1.75. The summed E-state index contributed by atoms with van der Waals surface area (Å²) in [6.07, 6.45) is 0. The Morgan fingerprint density at radius 1 is 1.11 bits per heavy atom. The molecule has 1 aromatic heterocycles. The summed E-state index contributed by atoms with van der Waals surface area (Å²) in [5.41, 5.74) is 1.28. The fourth-order valence-corrected chi connectivity index (χ4v) is 1.49. The van der Waals surface area contributed by atoms with Gasteiger partial charge in [0, 0.05) is 6.07 Å². The van der Waals surface area contributed by atoms with E-state index in [2.05, 4.69) is 9.97 Å². The van der Waals surface area contributed by atoms with E-state index in [-0.39, 0.29) is 16.8 Å². The number of halogens is 3. The lowest BCUT2D eigenvalue weighted by molar-refractivity contribution is 0.420. The number of aryl methyl sites for hydroxylation is 2. The summed E-state index contributed by atoms with van der Waals surface area (Å²) in [4.78, 5) is 8.05. The minimum atomic E-state index is -0.828. The van der Waals surface area contributed by atoms with E-state index < -0.39 is 11.6 Å². The monoisotopic (exact) mass is 270 g/mol. The molecular weight excluding hydrogens is 262 g/mol. The topological polar surface area (TPSA) is 35.0 Å². The molecule has 1 heterocycles. The molecule has 2 rings (SSSR count). The number of nitrogens with zero attached hydrogens (tertiary/aromatic N) is 2. The molecule has 0 atom stereocenters. The fourth-order valence-electron chi connectivity index (χ4n) is 1.28. The maximum absolute atomic E-state index is 13.4. The van der Waals surface area contributed by atoms with Crippen LogP contribution in [-0.4, -0.2) is 9.97 Å². The molecule has 0 radical (unpaired) electrons. The standard InChI is InChI=1S/C12H9ClF2N2O/c1-6-7(2)17-12(11(13)16-6)18-10-4-3-8(14)5-9(10)15/h3-5H,1-2H3. The van der Waals surface area contributed by atoms with Crippen LogP contribution in [0.2, 0.25) is 5.15 Å². The van der Waals surface area contributed by atoms with Crippen LogP contribution in [0.4, 0.5) is 8.78 Å². The lowest BCUT2D eigenvalue weighted by Crippen LogP contribution is -1.98. The highest BCUT2D eigenvalue weighted by molar-refractivity contribution is 6.30. The molecule has 0 saturated heterocycles. The first-order chi connectivity index (χ1) is 8.47. The second-order valence-electron chi connectivity index (χ2n) is 3.67. The second kappa shape index (κ2) is 4.86. The van der Waals surface area contributed by atoms with Crippen molar-refractivity contribution in [3.05, 3.63) is 46.4 Å². The van der Waals surface area contributed by atoms with Gasteiger partial charge in [0.25, 0.3) is 5.88 Å². The van der Waals surface area contributed by atoms with Gasteiger partial charge in [-0.3, -0.25) is 0 Å². The van der Waals surface area contributed by atoms with E-state index in [4.69, 9.17) is 16.3 Å². The van der Waals surface area contributed by atoms with Crippen LogP contribution in [0.3, 0.4) is 0 Å². The summed E-state index contributed by atoms with van der Waals surface area (Å²) in [6, 6.07) is 2.97. The first-order valence-electron chi connectivity index (χ1n) is 5.11. The first-order valence-corrected chi connectivity index (χ1v) is 5.49. The van der Waals surface area contributed by atoms with E-state index >= 15 is 0 Å². The van der Waals surface area contributed by atoms with Crippen molar-refractivity contribution < 1.29 is 13.5 Å². The van der Waals surface area contributed by atoms with Crippen LogP contribution >= 0.6 is 11.6 Å². The lowest BCUT2D eigenvalue weighted by Gasteiger charge is -2.08. The minimum Gasteiger partial charge on any atom is -0.433 e.